The lowest BCUT2D eigenvalue weighted by Crippen LogP contribution is -2.49. The molecule has 1 aliphatic heterocycles. The average Bonchev–Trinajstić information content (AvgIpc) is 2.84. The van der Waals surface area contributed by atoms with Gasteiger partial charge in [0.25, 0.3) is 0 Å². The molecule has 7 nitrogen and oxygen atoms in total. The summed E-state index contributed by atoms with van der Waals surface area (Å²) in [5.74, 6) is -0.456. The van der Waals surface area contributed by atoms with Crippen molar-refractivity contribution in [3.05, 3.63) is 52.7 Å². The summed E-state index contributed by atoms with van der Waals surface area (Å²) < 4.78 is 91.3. The van der Waals surface area contributed by atoms with E-state index in [1.807, 2.05) is 0 Å². The summed E-state index contributed by atoms with van der Waals surface area (Å²) in [7, 11) is 1.36. The largest absolute Gasteiger partial charge is 0.481 e. The standard InChI is InChI=1S/C26H29F6N3O4/c1-6-19-12-21(23-20(7-8-22(33-23)38-5)35(19)24(37)39-14(2)3)34(15(4)36)13-16-9-17(25(27,28)29)11-18(10-16)26(30,31)32/h7-11,14,19,21H,6,12-13H2,1-5H3/t19-,21+/m1/s1. The van der Waals surface area contributed by atoms with Gasteiger partial charge in [-0.2, -0.15) is 26.3 Å². The van der Waals surface area contributed by atoms with Crippen molar-refractivity contribution in [3.8, 4) is 5.88 Å². The number of rotatable bonds is 6. The van der Waals surface area contributed by atoms with Gasteiger partial charge in [0.1, 0.15) is 0 Å². The molecule has 0 N–H and O–H groups in total. The molecule has 0 spiro atoms. The smallest absolute Gasteiger partial charge is 0.416 e. The molecule has 0 radical (unpaired) electrons. The van der Waals surface area contributed by atoms with E-state index in [2.05, 4.69) is 4.98 Å². The number of carbonyl (C=O) groups is 2. The molecule has 0 aliphatic carbocycles. The quantitative estimate of drug-likeness (QED) is 0.365. The van der Waals surface area contributed by atoms with Gasteiger partial charge in [-0.05, 0) is 56.5 Å². The van der Waals surface area contributed by atoms with Crippen molar-refractivity contribution in [1.82, 2.24) is 9.88 Å². The number of pyridine rings is 1. The van der Waals surface area contributed by atoms with E-state index in [0.717, 1.165) is 4.90 Å². The molecule has 0 saturated carbocycles. The second-order valence-corrected chi connectivity index (χ2v) is 9.44. The van der Waals surface area contributed by atoms with Gasteiger partial charge in [0.05, 0.1) is 41.8 Å². The number of hydrogen-bond acceptors (Lipinski definition) is 5. The van der Waals surface area contributed by atoms with Gasteiger partial charge in [0, 0.05) is 25.6 Å². The Hall–Kier alpha value is -3.51. The number of hydrogen-bond donors (Lipinski definition) is 0. The SMILES string of the molecule is CC[C@@H]1C[C@H](N(Cc2cc(C(F)(F)F)cc(C(F)(F)F)c2)C(C)=O)c2nc(OC)ccc2N1C(=O)OC(C)C. The van der Waals surface area contributed by atoms with E-state index in [1.165, 1.54) is 25.0 Å². The Morgan fingerprint density at radius 3 is 2.13 bits per heavy atom. The van der Waals surface area contributed by atoms with Gasteiger partial charge in [-0.1, -0.05) is 6.92 Å². The first-order valence-corrected chi connectivity index (χ1v) is 12.2. The highest BCUT2D eigenvalue weighted by molar-refractivity contribution is 5.90. The zero-order chi connectivity index (χ0) is 29.3. The summed E-state index contributed by atoms with van der Waals surface area (Å²) in [6.07, 6.45) is -10.6. The summed E-state index contributed by atoms with van der Waals surface area (Å²) in [6, 6.07) is 2.90. The Morgan fingerprint density at radius 1 is 1.08 bits per heavy atom. The number of carbonyl (C=O) groups excluding carboxylic acids is 2. The van der Waals surface area contributed by atoms with E-state index in [9.17, 15) is 35.9 Å². The number of anilines is 1. The predicted molar refractivity (Wildman–Crippen MR) is 129 cm³/mol. The van der Waals surface area contributed by atoms with E-state index in [0.29, 0.717) is 24.2 Å². The van der Waals surface area contributed by atoms with E-state index >= 15 is 0 Å². The maximum Gasteiger partial charge on any atom is 0.416 e. The van der Waals surface area contributed by atoms with Crippen molar-refractivity contribution in [3.63, 3.8) is 0 Å². The number of amides is 2. The third kappa shape index (κ3) is 6.74. The molecular formula is C26H29F6N3O4. The van der Waals surface area contributed by atoms with Crippen LogP contribution in [0.1, 0.15) is 69.0 Å². The van der Waals surface area contributed by atoms with E-state index in [1.54, 1.807) is 26.8 Å². The van der Waals surface area contributed by atoms with Crippen LogP contribution in [0.4, 0.5) is 36.8 Å². The first kappa shape index (κ1) is 30.0. The van der Waals surface area contributed by atoms with Gasteiger partial charge >= 0.3 is 18.4 Å². The first-order chi connectivity index (χ1) is 18.1. The molecule has 13 heteroatoms. The van der Waals surface area contributed by atoms with Crippen LogP contribution in [0, 0.1) is 0 Å². The molecule has 1 aromatic carbocycles. The second kappa shape index (κ2) is 11.3. The molecular weight excluding hydrogens is 532 g/mol. The fourth-order valence-corrected chi connectivity index (χ4v) is 4.56. The summed E-state index contributed by atoms with van der Waals surface area (Å²) in [5.41, 5.74) is -2.80. The van der Waals surface area contributed by atoms with Crippen LogP contribution in [0.3, 0.4) is 0 Å². The summed E-state index contributed by atoms with van der Waals surface area (Å²) in [4.78, 5) is 32.9. The molecule has 2 aromatic rings. The molecule has 0 unspecified atom stereocenters. The Balaban J connectivity index is 2.14. The lowest BCUT2D eigenvalue weighted by Gasteiger charge is -2.43. The fourth-order valence-electron chi connectivity index (χ4n) is 4.56. The number of nitrogens with zero attached hydrogens (tertiary/aromatic N) is 3. The highest BCUT2D eigenvalue weighted by Crippen LogP contribution is 2.43. The van der Waals surface area contributed by atoms with Crippen LogP contribution in [0.2, 0.25) is 0 Å². The normalized spacial score (nSPS) is 17.6. The molecule has 214 valence electrons. The van der Waals surface area contributed by atoms with Crippen molar-refractivity contribution in [2.75, 3.05) is 12.0 Å². The number of ether oxygens (including phenoxy) is 2. The van der Waals surface area contributed by atoms with Crippen molar-refractivity contribution < 1.29 is 45.4 Å². The third-order valence-corrected chi connectivity index (χ3v) is 6.31. The lowest BCUT2D eigenvalue weighted by atomic mass is 9.91. The van der Waals surface area contributed by atoms with E-state index in [-0.39, 0.29) is 29.6 Å². The summed E-state index contributed by atoms with van der Waals surface area (Å²) in [6.45, 7) is 5.78. The minimum atomic E-state index is -5.03. The summed E-state index contributed by atoms with van der Waals surface area (Å²) in [5, 5.41) is 0. The number of fused-ring (bicyclic) bond motifs is 1. The topological polar surface area (TPSA) is 72.0 Å². The maximum atomic E-state index is 13.5. The minimum absolute atomic E-state index is 0.0370. The van der Waals surface area contributed by atoms with Crippen molar-refractivity contribution in [1.29, 1.82) is 0 Å². The minimum Gasteiger partial charge on any atom is -0.481 e. The van der Waals surface area contributed by atoms with Crippen LogP contribution in [0.15, 0.2) is 30.3 Å². The molecule has 2 atom stereocenters. The molecule has 1 aromatic heterocycles. The highest BCUT2D eigenvalue weighted by atomic mass is 19.4. The zero-order valence-corrected chi connectivity index (χ0v) is 22.0. The number of halogens is 6. The van der Waals surface area contributed by atoms with Crippen LogP contribution < -0.4 is 9.64 Å². The molecule has 0 saturated heterocycles. The van der Waals surface area contributed by atoms with Crippen LogP contribution >= 0.6 is 0 Å². The molecule has 0 bridgehead atoms. The molecule has 1 aliphatic rings. The van der Waals surface area contributed by atoms with Gasteiger partial charge in [-0.25, -0.2) is 9.78 Å². The average molecular weight is 562 g/mol. The Kier molecular flexibility index (Phi) is 8.71. The number of benzene rings is 1. The second-order valence-electron chi connectivity index (χ2n) is 9.44. The van der Waals surface area contributed by atoms with Crippen molar-refractivity contribution in [2.24, 2.45) is 0 Å². The Morgan fingerprint density at radius 2 is 1.67 bits per heavy atom. The van der Waals surface area contributed by atoms with Gasteiger partial charge in [-0.3, -0.25) is 9.69 Å². The van der Waals surface area contributed by atoms with Gasteiger partial charge in [0.2, 0.25) is 11.8 Å². The van der Waals surface area contributed by atoms with Crippen LogP contribution in [0.5, 0.6) is 5.88 Å². The molecule has 39 heavy (non-hydrogen) atoms. The number of alkyl halides is 6. The van der Waals surface area contributed by atoms with Crippen LogP contribution in [-0.2, 0) is 28.4 Å². The zero-order valence-electron chi connectivity index (χ0n) is 22.0. The van der Waals surface area contributed by atoms with Gasteiger partial charge in [0.15, 0.2) is 0 Å². The maximum absolute atomic E-state index is 13.5. The first-order valence-electron chi connectivity index (χ1n) is 12.2. The molecule has 2 heterocycles. The van der Waals surface area contributed by atoms with Crippen molar-refractivity contribution >= 4 is 17.7 Å². The van der Waals surface area contributed by atoms with E-state index in [4.69, 9.17) is 9.47 Å². The summed E-state index contributed by atoms with van der Waals surface area (Å²) >= 11 is 0. The monoisotopic (exact) mass is 561 g/mol. The fraction of sp³-hybridized carbons (Fsp3) is 0.500. The Labute approximate surface area is 221 Å². The molecule has 0 fully saturated rings. The van der Waals surface area contributed by atoms with Crippen molar-refractivity contribution in [2.45, 2.75) is 77.6 Å². The predicted octanol–water partition coefficient (Wildman–Crippen LogP) is 6.75. The van der Waals surface area contributed by atoms with Gasteiger partial charge in [-0.15, -0.1) is 0 Å². The van der Waals surface area contributed by atoms with Crippen LogP contribution in [-0.4, -0.2) is 41.1 Å². The van der Waals surface area contributed by atoms with Crippen LogP contribution in [0.25, 0.3) is 0 Å². The number of aromatic nitrogens is 1. The third-order valence-electron chi connectivity index (χ3n) is 6.31. The Bertz CT molecular complexity index is 1180. The molecule has 3 rings (SSSR count). The number of methoxy groups -OCH3 is 1. The van der Waals surface area contributed by atoms with Gasteiger partial charge < -0.3 is 14.4 Å². The molecule has 2 amide bonds. The lowest BCUT2D eigenvalue weighted by molar-refractivity contribution is -0.143. The highest BCUT2D eigenvalue weighted by Gasteiger charge is 2.42. The van der Waals surface area contributed by atoms with E-state index < -0.39 is 60.2 Å².